The molecule has 0 saturated heterocycles. The monoisotopic (exact) mass is 369 g/mol. The standard InChI is InChI=1S/C22H31N3O2/c1-16-6-9-19(10-7-16)17(2)15-25-22(23-3)24-13-12-18-8-11-20(26-4)21(14-18)27-5/h6-11,14,17H,12-13,15H2,1-5H3,(H2,23,24,25). The molecule has 2 N–H and O–H groups in total. The number of ether oxygens (including phenoxy) is 2. The van der Waals surface area contributed by atoms with E-state index in [0.717, 1.165) is 37.0 Å². The summed E-state index contributed by atoms with van der Waals surface area (Å²) in [4.78, 5) is 4.31. The van der Waals surface area contributed by atoms with Crippen molar-refractivity contribution in [2.45, 2.75) is 26.2 Å². The Labute approximate surface area is 162 Å². The minimum atomic E-state index is 0.412. The highest BCUT2D eigenvalue weighted by atomic mass is 16.5. The highest BCUT2D eigenvalue weighted by Gasteiger charge is 2.07. The molecule has 0 aliphatic rings. The number of benzene rings is 2. The van der Waals surface area contributed by atoms with Crippen LogP contribution in [-0.4, -0.2) is 40.3 Å². The van der Waals surface area contributed by atoms with Gasteiger partial charge in [-0.05, 0) is 42.5 Å². The maximum absolute atomic E-state index is 5.36. The molecule has 0 saturated carbocycles. The van der Waals surface area contributed by atoms with Crippen LogP contribution in [0.2, 0.25) is 0 Å². The lowest BCUT2D eigenvalue weighted by Crippen LogP contribution is -2.39. The van der Waals surface area contributed by atoms with Crippen molar-refractivity contribution < 1.29 is 9.47 Å². The largest absolute Gasteiger partial charge is 0.493 e. The van der Waals surface area contributed by atoms with Gasteiger partial charge in [-0.15, -0.1) is 0 Å². The van der Waals surface area contributed by atoms with Crippen molar-refractivity contribution in [3.05, 3.63) is 59.2 Å². The first-order valence-corrected chi connectivity index (χ1v) is 9.29. The summed E-state index contributed by atoms with van der Waals surface area (Å²) < 4.78 is 10.6. The predicted octanol–water partition coefficient (Wildman–Crippen LogP) is 3.52. The van der Waals surface area contributed by atoms with Gasteiger partial charge < -0.3 is 20.1 Å². The van der Waals surface area contributed by atoms with E-state index in [4.69, 9.17) is 9.47 Å². The Morgan fingerprint density at radius 1 is 1.00 bits per heavy atom. The van der Waals surface area contributed by atoms with E-state index in [9.17, 15) is 0 Å². The van der Waals surface area contributed by atoms with E-state index >= 15 is 0 Å². The first-order chi connectivity index (χ1) is 13.1. The highest BCUT2D eigenvalue weighted by molar-refractivity contribution is 5.79. The molecular formula is C22H31N3O2. The summed E-state index contributed by atoms with van der Waals surface area (Å²) in [5.74, 6) is 2.73. The average Bonchev–Trinajstić information content (AvgIpc) is 2.70. The second-order valence-corrected chi connectivity index (χ2v) is 6.63. The fraction of sp³-hybridized carbons (Fsp3) is 0.409. The highest BCUT2D eigenvalue weighted by Crippen LogP contribution is 2.27. The average molecular weight is 370 g/mol. The van der Waals surface area contributed by atoms with Crippen LogP contribution in [0.4, 0.5) is 0 Å². The Bertz CT molecular complexity index is 742. The number of nitrogens with zero attached hydrogens (tertiary/aromatic N) is 1. The van der Waals surface area contributed by atoms with Gasteiger partial charge in [0.2, 0.25) is 0 Å². The SMILES string of the molecule is CN=C(NCCc1ccc(OC)c(OC)c1)NCC(C)c1ccc(C)cc1. The van der Waals surface area contributed by atoms with Gasteiger partial charge in [0.15, 0.2) is 17.5 Å². The van der Waals surface area contributed by atoms with Crippen molar-refractivity contribution in [3.63, 3.8) is 0 Å². The van der Waals surface area contributed by atoms with Crippen molar-refractivity contribution in [3.8, 4) is 11.5 Å². The molecule has 0 amide bonds. The van der Waals surface area contributed by atoms with Gasteiger partial charge in [-0.3, -0.25) is 4.99 Å². The van der Waals surface area contributed by atoms with Crippen LogP contribution in [0.3, 0.4) is 0 Å². The van der Waals surface area contributed by atoms with Crippen molar-refractivity contribution in [1.82, 2.24) is 10.6 Å². The first kappa shape index (κ1) is 20.6. The topological polar surface area (TPSA) is 54.9 Å². The summed E-state index contributed by atoms with van der Waals surface area (Å²) >= 11 is 0. The van der Waals surface area contributed by atoms with E-state index in [2.05, 4.69) is 59.8 Å². The van der Waals surface area contributed by atoms with E-state index in [0.29, 0.717) is 5.92 Å². The van der Waals surface area contributed by atoms with Crippen LogP contribution in [0.5, 0.6) is 11.5 Å². The summed E-state index contributed by atoms with van der Waals surface area (Å²) in [5, 5.41) is 6.77. The molecule has 5 nitrogen and oxygen atoms in total. The Kier molecular flexibility index (Phi) is 7.99. The third kappa shape index (κ3) is 6.20. The number of nitrogens with one attached hydrogen (secondary N) is 2. The normalized spacial score (nSPS) is 12.4. The van der Waals surface area contributed by atoms with Gasteiger partial charge >= 0.3 is 0 Å². The van der Waals surface area contributed by atoms with Gasteiger partial charge in [-0.25, -0.2) is 0 Å². The van der Waals surface area contributed by atoms with Gasteiger partial charge in [-0.2, -0.15) is 0 Å². The van der Waals surface area contributed by atoms with E-state index in [1.807, 2.05) is 12.1 Å². The van der Waals surface area contributed by atoms with Crippen LogP contribution in [0.25, 0.3) is 0 Å². The molecule has 0 radical (unpaired) electrons. The first-order valence-electron chi connectivity index (χ1n) is 9.29. The minimum Gasteiger partial charge on any atom is -0.493 e. The summed E-state index contributed by atoms with van der Waals surface area (Å²) in [6.07, 6.45) is 0.870. The van der Waals surface area contributed by atoms with Crippen LogP contribution >= 0.6 is 0 Å². The number of aryl methyl sites for hydroxylation is 1. The Balaban J connectivity index is 1.81. The van der Waals surface area contributed by atoms with Crippen LogP contribution < -0.4 is 20.1 Å². The molecule has 2 aromatic carbocycles. The van der Waals surface area contributed by atoms with Crippen molar-refractivity contribution in [2.75, 3.05) is 34.4 Å². The zero-order chi connectivity index (χ0) is 19.6. The summed E-state index contributed by atoms with van der Waals surface area (Å²) in [6, 6.07) is 14.7. The molecule has 1 unspecified atom stereocenters. The smallest absolute Gasteiger partial charge is 0.191 e. The second kappa shape index (κ2) is 10.5. The van der Waals surface area contributed by atoms with Crippen LogP contribution in [0, 0.1) is 6.92 Å². The fourth-order valence-corrected chi connectivity index (χ4v) is 2.84. The third-order valence-electron chi connectivity index (χ3n) is 4.60. The predicted molar refractivity (Wildman–Crippen MR) is 112 cm³/mol. The molecule has 27 heavy (non-hydrogen) atoms. The van der Waals surface area contributed by atoms with Crippen molar-refractivity contribution >= 4 is 5.96 Å². The van der Waals surface area contributed by atoms with E-state index in [-0.39, 0.29) is 0 Å². The van der Waals surface area contributed by atoms with Crippen molar-refractivity contribution in [2.24, 2.45) is 4.99 Å². The van der Waals surface area contributed by atoms with Gasteiger partial charge in [0.1, 0.15) is 0 Å². The molecule has 0 bridgehead atoms. The summed E-state index contributed by atoms with van der Waals surface area (Å²) in [5.41, 5.74) is 3.80. The number of methoxy groups -OCH3 is 2. The third-order valence-corrected chi connectivity index (χ3v) is 4.60. The molecule has 0 fully saturated rings. The maximum atomic E-state index is 5.36. The molecule has 2 rings (SSSR count). The number of aliphatic imine (C=N–C) groups is 1. The molecule has 0 aromatic heterocycles. The lowest BCUT2D eigenvalue weighted by molar-refractivity contribution is 0.354. The number of guanidine groups is 1. The zero-order valence-corrected chi connectivity index (χ0v) is 17.0. The molecule has 0 heterocycles. The Morgan fingerprint density at radius 3 is 2.33 bits per heavy atom. The molecule has 2 aromatic rings. The molecular weight excluding hydrogens is 338 g/mol. The number of hydrogen-bond donors (Lipinski definition) is 2. The Morgan fingerprint density at radius 2 is 1.70 bits per heavy atom. The molecule has 0 aliphatic carbocycles. The lowest BCUT2D eigenvalue weighted by Gasteiger charge is -2.17. The van der Waals surface area contributed by atoms with Gasteiger partial charge in [-0.1, -0.05) is 42.8 Å². The second-order valence-electron chi connectivity index (χ2n) is 6.63. The van der Waals surface area contributed by atoms with Crippen molar-refractivity contribution in [1.29, 1.82) is 0 Å². The molecule has 0 aliphatic heterocycles. The van der Waals surface area contributed by atoms with Gasteiger partial charge in [0.25, 0.3) is 0 Å². The lowest BCUT2D eigenvalue weighted by atomic mass is 10.0. The quantitative estimate of drug-likeness (QED) is 0.552. The van der Waals surface area contributed by atoms with Crippen LogP contribution in [0.1, 0.15) is 29.5 Å². The fourth-order valence-electron chi connectivity index (χ4n) is 2.84. The summed E-state index contributed by atoms with van der Waals surface area (Å²) in [7, 11) is 5.09. The van der Waals surface area contributed by atoms with Gasteiger partial charge in [0, 0.05) is 20.1 Å². The Hall–Kier alpha value is -2.69. The molecule has 5 heteroatoms. The molecule has 1 atom stereocenters. The van der Waals surface area contributed by atoms with E-state index < -0.39 is 0 Å². The summed E-state index contributed by atoms with van der Waals surface area (Å²) in [6.45, 7) is 5.94. The number of hydrogen-bond acceptors (Lipinski definition) is 3. The number of rotatable bonds is 8. The molecule has 146 valence electrons. The zero-order valence-electron chi connectivity index (χ0n) is 17.0. The van der Waals surface area contributed by atoms with E-state index in [1.54, 1.807) is 21.3 Å². The minimum absolute atomic E-state index is 0.412. The van der Waals surface area contributed by atoms with Crippen LogP contribution in [-0.2, 0) is 6.42 Å². The van der Waals surface area contributed by atoms with Crippen LogP contribution in [0.15, 0.2) is 47.5 Å². The van der Waals surface area contributed by atoms with Gasteiger partial charge in [0.05, 0.1) is 14.2 Å². The molecule has 0 spiro atoms. The maximum Gasteiger partial charge on any atom is 0.191 e. The van der Waals surface area contributed by atoms with E-state index in [1.165, 1.54) is 16.7 Å².